The van der Waals surface area contributed by atoms with Crippen LogP contribution in [0, 0.1) is 0 Å². The molecule has 2 aromatic rings. The number of fused-ring (bicyclic) bond motifs is 1. The van der Waals surface area contributed by atoms with E-state index in [2.05, 4.69) is 6.92 Å². The molecule has 2 rings (SSSR count). The first-order chi connectivity index (χ1) is 13.0. The fourth-order valence-electron chi connectivity index (χ4n) is 3.78. The molecule has 28 heavy (non-hydrogen) atoms. The predicted octanol–water partition coefficient (Wildman–Crippen LogP) is 3.60. The molecule has 0 aromatic heterocycles. The molecule has 0 saturated heterocycles. The number of unbranched alkanes of at least 4 members (excludes halogenated alkanes) is 10. The van der Waals surface area contributed by atoms with Crippen LogP contribution in [0.2, 0.25) is 0 Å². The number of hydrogen-bond donors (Lipinski definition) is 0. The summed E-state index contributed by atoms with van der Waals surface area (Å²) in [6, 6.07) is 10.7. The summed E-state index contributed by atoms with van der Waals surface area (Å²) in [5.74, 6) is 0. The van der Waals surface area contributed by atoms with E-state index in [1.54, 1.807) is 6.07 Å². The molecular formula is C23H33KO3S. The molecule has 0 atom stereocenters. The van der Waals surface area contributed by atoms with E-state index in [9.17, 15) is 13.0 Å². The Bertz CT molecular complexity index is 797. The van der Waals surface area contributed by atoms with Crippen LogP contribution in [0.1, 0.15) is 83.1 Å². The SMILES string of the molecule is CCCCCCCCCCCCCc1cccc2cccc(S(=O)(=O)[O-])c12.[K+]. The molecule has 0 aliphatic rings. The van der Waals surface area contributed by atoms with Crippen molar-refractivity contribution in [3.05, 3.63) is 42.0 Å². The van der Waals surface area contributed by atoms with Crippen LogP contribution in [0.4, 0.5) is 0 Å². The molecule has 0 spiro atoms. The number of aryl methyl sites for hydroxylation is 1. The van der Waals surface area contributed by atoms with Gasteiger partial charge >= 0.3 is 51.4 Å². The monoisotopic (exact) mass is 428 g/mol. The topological polar surface area (TPSA) is 57.2 Å². The van der Waals surface area contributed by atoms with Gasteiger partial charge in [-0.1, -0.05) is 101 Å². The van der Waals surface area contributed by atoms with E-state index in [0.29, 0.717) is 5.39 Å². The van der Waals surface area contributed by atoms with Gasteiger partial charge < -0.3 is 4.55 Å². The molecule has 0 unspecified atom stereocenters. The van der Waals surface area contributed by atoms with E-state index in [4.69, 9.17) is 0 Å². The number of hydrogen-bond acceptors (Lipinski definition) is 3. The quantitative estimate of drug-likeness (QED) is 0.278. The van der Waals surface area contributed by atoms with Crippen molar-refractivity contribution in [2.24, 2.45) is 0 Å². The molecule has 3 nitrogen and oxygen atoms in total. The van der Waals surface area contributed by atoms with Crippen LogP contribution < -0.4 is 51.4 Å². The number of rotatable bonds is 13. The van der Waals surface area contributed by atoms with Crippen molar-refractivity contribution < 1.29 is 64.4 Å². The summed E-state index contributed by atoms with van der Waals surface area (Å²) in [6.45, 7) is 2.25. The summed E-state index contributed by atoms with van der Waals surface area (Å²) in [6.07, 6.45) is 15.0. The molecule has 0 saturated carbocycles. The van der Waals surface area contributed by atoms with E-state index in [1.165, 1.54) is 63.9 Å². The minimum absolute atomic E-state index is 0. The summed E-state index contributed by atoms with van der Waals surface area (Å²) < 4.78 is 34.8. The van der Waals surface area contributed by atoms with Gasteiger partial charge in [0.05, 0.1) is 4.90 Å². The standard InChI is InChI=1S/C23H34O3S.K/c1-2-3-4-5-6-7-8-9-10-11-12-15-20-16-13-17-21-18-14-19-22(23(20)21)27(24,25)26;/h13-14,16-19H,2-12,15H2,1H3,(H,24,25,26);/q;+1/p-1. The Kier molecular flexibility index (Phi) is 13.4. The van der Waals surface area contributed by atoms with Crippen molar-refractivity contribution in [1.29, 1.82) is 0 Å². The molecule has 2 aromatic carbocycles. The molecule has 0 fully saturated rings. The van der Waals surface area contributed by atoms with Gasteiger partial charge in [0.15, 0.2) is 0 Å². The second kappa shape index (κ2) is 14.3. The third-order valence-electron chi connectivity index (χ3n) is 5.27. The first kappa shape index (κ1) is 26.3. The Morgan fingerprint density at radius 3 is 1.79 bits per heavy atom. The van der Waals surface area contributed by atoms with Crippen LogP contribution in [-0.2, 0) is 16.5 Å². The fourth-order valence-corrected chi connectivity index (χ4v) is 4.52. The van der Waals surface area contributed by atoms with Crippen LogP contribution in [0.15, 0.2) is 41.3 Å². The molecule has 0 amide bonds. The van der Waals surface area contributed by atoms with Gasteiger partial charge in [-0.05, 0) is 29.9 Å². The minimum atomic E-state index is -4.46. The van der Waals surface area contributed by atoms with E-state index in [-0.39, 0.29) is 56.3 Å². The largest absolute Gasteiger partial charge is 1.00 e. The van der Waals surface area contributed by atoms with Gasteiger partial charge in [0, 0.05) is 5.39 Å². The molecular weight excluding hydrogens is 395 g/mol. The summed E-state index contributed by atoms with van der Waals surface area (Å²) in [4.78, 5) is -0.0846. The normalized spacial score (nSPS) is 11.5. The van der Waals surface area contributed by atoms with Crippen molar-refractivity contribution in [2.75, 3.05) is 0 Å². The van der Waals surface area contributed by atoms with Gasteiger partial charge in [-0.2, -0.15) is 0 Å². The molecule has 0 aliphatic heterocycles. The van der Waals surface area contributed by atoms with E-state index in [1.807, 2.05) is 24.3 Å². The van der Waals surface area contributed by atoms with Crippen molar-refractivity contribution in [3.63, 3.8) is 0 Å². The van der Waals surface area contributed by atoms with Gasteiger partial charge in [0.25, 0.3) is 0 Å². The summed E-state index contributed by atoms with van der Waals surface area (Å²) in [5.41, 5.74) is 0.971. The van der Waals surface area contributed by atoms with Crippen LogP contribution in [0.3, 0.4) is 0 Å². The first-order valence-corrected chi connectivity index (χ1v) is 11.9. The second-order valence-electron chi connectivity index (χ2n) is 7.51. The molecule has 150 valence electrons. The Labute approximate surface area is 213 Å². The maximum atomic E-state index is 11.6. The Balaban J connectivity index is 0.00000392. The van der Waals surface area contributed by atoms with Gasteiger partial charge in [0.1, 0.15) is 10.1 Å². The molecule has 0 bridgehead atoms. The average Bonchev–Trinajstić information content (AvgIpc) is 2.65. The Morgan fingerprint density at radius 2 is 1.25 bits per heavy atom. The predicted molar refractivity (Wildman–Crippen MR) is 112 cm³/mol. The molecule has 0 radical (unpaired) electrons. The average molecular weight is 429 g/mol. The number of benzene rings is 2. The van der Waals surface area contributed by atoms with Crippen LogP contribution in [-0.4, -0.2) is 13.0 Å². The maximum absolute atomic E-state index is 11.6. The van der Waals surface area contributed by atoms with E-state index in [0.717, 1.165) is 30.2 Å². The van der Waals surface area contributed by atoms with Crippen LogP contribution in [0.25, 0.3) is 10.8 Å². The fraction of sp³-hybridized carbons (Fsp3) is 0.565. The third kappa shape index (κ3) is 8.94. The zero-order chi connectivity index (χ0) is 19.5. The first-order valence-electron chi connectivity index (χ1n) is 10.5. The zero-order valence-corrected chi connectivity index (χ0v) is 21.5. The van der Waals surface area contributed by atoms with Crippen LogP contribution in [0.5, 0.6) is 0 Å². The summed E-state index contributed by atoms with van der Waals surface area (Å²) in [5, 5.41) is 1.44. The summed E-state index contributed by atoms with van der Waals surface area (Å²) in [7, 11) is -4.46. The van der Waals surface area contributed by atoms with Crippen LogP contribution >= 0.6 is 0 Å². The van der Waals surface area contributed by atoms with Crippen molar-refractivity contribution in [1.82, 2.24) is 0 Å². The minimum Gasteiger partial charge on any atom is -0.744 e. The Hall–Kier alpha value is 0.246. The van der Waals surface area contributed by atoms with Gasteiger partial charge in [-0.25, -0.2) is 8.42 Å². The molecule has 0 aliphatic carbocycles. The molecule has 5 heteroatoms. The molecule has 0 heterocycles. The third-order valence-corrected chi connectivity index (χ3v) is 6.15. The van der Waals surface area contributed by atoms with Gasteiger partial charge in [0.2, 0.25) is 0 Å². The van der Waals surface area contributed by atoms with E-state index >= 15 is 0 Å². The smallest absolute Gasteiger partial charge is 0.744 e. The molecule has 0 N–H and O–H groups in total. The van der Waals surface area contributed by atoms with E-state index < -0.39 is 10.1 Å². The van der Waals surface area contributed by atoms with Crippen molar-refractivity contribution in [3.8, 4) is 0 Å². The summed E-state index contributed by atoms with van der Waals surface area (Å²) >= 11 is 0. The second-order valence-corrected chi connectivity index (χ2v) is 8.86. The maximum Gasteiger partial charge on any atom is 1.00 e. The van der Waals surface area contributed by atoms with Gasteiger partial charge in [-0.15, -0.1) is 0 Å². The Morgan fingerprint density at radius 1 is 0.750 bits per heavy atom. The van der Waals surface area contributed by atoms with Crippen molar-refractivity contribution >= 4 is 20.9 Å². The zero-order valence-electron chi connectivity index (χ0n) is 17.6. The van der Waals surface area contributed by atoms with Crippen molar-refractivity contribution in [2.45, 2.75) is 88.9 Å². The van der Waals surface area contributed by atoms with Gasteiger partial charge in [-0.3, -0.25) is 0 Å².